The largest absolute Gasteiger partial charge is 0.337 e. The zero-order valence-corrected chi connectivity index (χ0v) is 29.6. The molecule has 0 amide bonds. The summed E-state index contributed by atoms with van der Waals surface area (Å²) >= 11 is 1.94. The van der Waals surface area contributed by atoms with Crippen molar-refractivity contribution in [2.45, 2.75) is 19.9 Å². The van der Waals surface area contributed by atoms with Crippen molar-refractivity contribution in [3.8, 4) is 39.1 Å². The normalized spacial score (nSPS) is 12.6. The molecular formula is C49H32N2S. The van der Waals surface area contributed by atoms with E-state index in [4.69, 9.17) is 0 Å². The highest BCUT2D eigenvalue weighted by Crippen LogP contribution is 2.52. The van der Waals surface area contributed by atoms with Gasteiger partial charge in [-0.25, -0.2) is 0 Å². The van der Waals surface area contributed by atoms with E-state index in [0.29, 0.717) is 0 Å². The van der Waals surface area contributed by atoms with Crippen LogP contribution in [0.4, 0.5) is 0 Å². The molecule has 0 spiro atoms. The van der Waals surface area contributed by atoms with Crippen molar-refractivity contribution < 1.29 is 0 Å². The molecule has 0 atom stereocenters. The van der Waals surface area contributed by atoms with Crippen molar-refractivity contribution in [1.29, 1.82) is 0 Å². The molecule has 11 aromatic rings. The first-order valence-corrected chi connectivity index (χ1v) is 19.0. The second kappa shape index (κ2) is 10.2. The predicted octanol–water partition coefficient (Wildman–Crippen LogP) is 14.3. The summed E-state index contributed by atoms with van der Waals surface area (Å²) in [6, 6.07) is 56.9. The summed E-state index contributed by atoms with van der Waals surface area (Å²) in [6.45, 7) is 4.65. The van der Waals surface area contributed by atoms with Gasteiger partial charge >= 0.3 is 0 Å². The first-order valence-electron chi connectivity index (χ1n) is 18.2. The molecule has 244 valence electrons. The second-order valence-corrected chi connectivity index (χ2v) is 15.6. The van der Waals surface area contributed by atoms with E-state index in [-0.39, 0.29) is 6.04 Å². The van der Waals surface area contributed by atoms with Crippen molar-refractivity contribution in [1.82, 2.24) is 9.13 Å². The lowest BCUT2D eigenvalue weighted by Gasteiger charge is -2.15. The van der Waals surface area contributed by atoms with E-state index in [1.54, 1.807) is 0 Å². The molecule has 8 aromatic carbocycles. The quantitative estimate of drug-likeness (QED) is 0.176. The third kappa shape index (κ3) is 3.54. The molecule has 0 bridgehead atoms. The van der Waals surface area contributed by atoms with Crippen LogP contribution in [-0.2, 0) is 0 Å². The van der Waals surface area contributed by atoms with E-state index in [2.05, 4.69) is 175 Å². The van der Waals surface area contributed by atoms with E-state index < -0.39 is 0 Å². The molecule has 12 rings (SSSR count). The highest BCUT2D eigenvalue weighted by molar-refractivity contribution is 7.27. The van der Waals surface area contributed by atoms with Gasteiger partial charge in [0.05, 0.1) is 16.6 Å². The van der Waals surface area contributed by atoms with Gasteiger partial charge in [-0.3, -0.25) is 0 Å². The number of nitrogens with zero attached hydrogens (tertiary/aromatic N) is 2. The number of para-hydroxylation sites is 2. The first kappa shape index (κ1) is 28.5. The summed E-state index contributed by atoms with van der Waals surface area (Å²) < 4.78 is 7.86. The Labute approximate surface area is 304 Å². The van der Waals surface area contributed by atoms with Crippen LogP contribution in [0, 0.1) is 0 Å². The average Bonchev–Trinajstić information content (AvgIpc) is 3.92. The third-order valence-corrected chi connectivity index (χ3v) is 12.7. The zero-order chi connectivity index (χ0) is 34.2. The second-order valence-electron chi connectivity index (χ2n) is 14.6. The zero-order valence-electron chi connectivity index (χ0n) is 28.8. The van der Waals surface area contributed by atoms with Crippen LogP contribution in [0.15, 0.2) is 152 Å². The van der Waals surface area contributed by atoms with Gasteiger partial charge in [0, 0.05) is 59.0 Å². The topological polar surface area (TPSA) is 9.86 Å². The highest BCUT2D eigenvalue weighted by Gasteiger charge is 2.27. The summed E-state index contributed by atoms with van der Waals surface area (Å²) in [6.07, 6.45) is 0. The van der Waals surface area contributed by atoms with Gasteiger partial charge in [0.2, 0.25) is 0 Å². The maximum absolute atomic E-state index is 2.59. The van der Waals surface area contributed by atoms with E-state index >= 15 is 0 Å². The van der Waals surface area contributed by atoms with Gasteiger partial charge in [-0.05, 0) is 88.3 Å². The summed E-state index contributed by atoms with van der Waals surface area (Å²) in [5.41, 5.74) is 14.2. The number of hydrogen-bond donors (Lipinski definition) is 0. The molecule has 0 aliphatic heterocycles. The molecule has 0 saturated heterocycles. The van der Waals surface area contributed by atoms with E-state index in [1.165, 1.54) is 114 Å². The summed E-state index contributed by atoms with van der Waals surface area (Å²) in [4.78, 5) is 0. The number of benzene rings is 8. The predicted molar refractivity (Wildman–Crippen MR) is 224 cm³/mol. The van der Waals surface area contributed by atoms with Crippen LogP contribution in [0.25, 0.3) is 114 Å². The average molecular weight is 681 g/mol. The first-order chi connectivity index (χ1) is 25.7. The van der Waals surface area contributed by atoms with Gasteiger partial charge in [0.15, 0.2) is 0 Å². The summed E-state index contributed by atoms with van der Waals surface area (Å²) in [5.74, 6) is 0. The monoisotopic (exact) mass is 680 g/mol. The van der Waals surface area contributed by atoms with Crippen LogP contribution in [0.5, 0.6) is 0 Å². The van der Waals surface area contributed by atoms with Crippen molar-refractivity contribution in [2.75, 3.05) is 0 Å². The molecule has 3 heterocycles. The number of thiophene rings is 1. The van der Waals surface area contributed by atoms with Gasteiger partial charge in [-0.1, -0.05) is 121 Å². The lowest BCUT2D eigenvalue weighted by molar-refractivity contribution is 0.643. The van der Waals surface area contributed by atoms with Gasteiger partial charge in [0.25, 0.3) is 0 Å². The van der Waals surface area contributed by atoms with Gasteiger partial charge < -0.3 is 9.13 Å². The van der Waals surface area contributed by atoms with Crippen LogP contribution in [-0.4, -0.2) is 9.13 Å². The molecule has 2 nitrogen and oxygen atoms in total. The molecule has 1 aliphatic rings. The minimum atomic E-state index is 0.290. The lowest BCUT2D eigenvalue weighted by atomic mass is 9.94. The molecule has 3 heteroatoms. The SMILES string of the molecule is CC(C)n1c2ccccc2c2c3c(c4ccccc4n3-c3cccc(-c4ccc5c6c(cccc46)-c4ccccc4-5)c3)c3sc4ccccc4c3c21. The van der Waals surface area contributed by atoms with Crippen LogP contribution >= 0.6 is 11.3 Å². The minimum Gasteiger partial charge on any atom is -0.337 e. The van der Waals surface area contributed by atoms with Crippen molar-refractivity contribution >= 4 is 85.9 Å². The Morgan fingerprint density at radius 2 is 1.04 bits per heavy atom. The molecule has 0 unspecified atom stereocenters. The van der Waals surface area contributed by atoms with Crippen LogP contribution < -0.4 is 0 Å². The van der Waals surface area contributed by atoms with Gasteiger partial charge in [-0.15, -0.1) is 11.3 Å². The molecule has 0 radical (unpaired) electrons. The highest BCUT2D eigenvalue weighted by atomic mass is 32.1. The van der Waals surface area contributed by atoms with E-state index in [9.17, 15) is 0 Å². The number of fused-ring (bicyclic) bond motifs is 15. The Hall–Kier alpha value is -6.16. The Balaban J connectivity index is 1.23. The molecule has 52 heavy (non-hydrogen) atoms. The minimum absolute atomic E-state index is 0.290. The fourth-order valence-corrected chi connectivity index (χ4v) is 10.9. The van der Waals surface area contributed by atoms with Crippen molar-refractivity contribution in [3.63, 3.8) is 0 Å². The standard InChI is InChI=1S/C49H32N2S/c1-28(2)50-40-22-8-5-17-37(40)44-47(50)46-39-19-7-10-24-42(39)52-49(46)45-38-18-6-9-23-41(38)51(48(44)45)30-14-11-13-29(27-30)31-25-26-36-33-16-4-3-15-32(33)35-21-12-20-34(31)43(35)36/h3-28H,1-2H3. The lowest BCUT2D eigenvalue weighted by Crippen LogP contribution is -2.00. The number of hydrogen-bond acceptors (Lipinski definition) is 1. The van der Waals surface area contributed by atoms with Crippen molar-refractivity contribution in [3.05, 3.63) is 152 Å². The Morgan fingerprint density at radius 3 is 1.85 bits per heavy atom. The molecule has 0 fully saturated rings. The fourth-order valence-electron chi connectivity index (χ4n) is 9.59. The van der Waals surface area contributed by atoms with E-state index in [0.717, 1.165) is 0 Å². The van der Waals surface area contributed by atoms with E-state index in [1.807, 2.05) is 11.3 Å². The van der Waals surface area contributed by atoms with Gasteiger partial charge in [-0.2, -0.15) is 0 Å². The third-order valence-electron chi connectivity index (χ3n) is 11.6. The smallest absolute Gasteiger partial charge is 0.0655 e. The fraction of sp³-hybridized carbons (Fsp3) is 0.0612. The summed E-state index contributed by atoms with van der Waals surface area (Å²) in [5, 5.41) is 10.7. The van der Waals surface area contributed by atoms with Crippen LogP contribution in [0.1, 0.15) is 19.9 Å². The summed E-state index contributed by atoms with van der Waals surface area (Å²) in [7, 11) is 0. The Bertz CT molecular complexity index is 3300. The molecular weight excluding hydrogens is 649 g/mol. The van der Waals surface area contributed by atoms with Crippen molar-refractivity contribution in [2.24, 2.45) is 0 Å². The molecule has 0 saturated carbocycles. The number of aromatic nitrogens is 2. The molecule has 3 aromatic heterocycles. The number of rotatable bonds is 3. The van der Waals surface area contributed by atoms with Crippen LogP contribution in [0.3, 0.4) is 0 Å². The Kier molecular flexibility index (Phi) is 5.61. The van der Waals surface area contributed by atoms with Gasteiger partial charge in [0.1, 0.15) is 0 Å². The molecule has 0 N–H and O–H groups in total. The maximum atomic E-state index is 2.59. The Morgan fingerprint density at radius 1 is 0.442 bits per heavy atom. The van der Waals surface area contributed by atoms with Crippen LogP contribution in [0.2, 0.25) is 0 Å². The maximum Gasteiger partial charge on any atom is 0.0655 e. The molecule has 1 aliphatic carbocycles.